The van der Waals surface area contributed by atoms with Crippen LogP contribution < -0.4 is 10.5 Å². The maximum absolute atomic E-state index is 11.9. The molecule has 1 aliphatic rings. The summed E-state index contributed by atoms with van der Waals surface area (Å²) in [6.07, 6.45) is 5.63. The molecule has 0 unspecified atom stereocenters. The van der Waals surface area contributed by atoms with E-state index < -0.39 is 10.0 Å². The van der Waals surface area contributed by atoms with E-state index in [-0.39, 0.29) is 23.9 Å². The van der Waals surface area contributed by atoms with Crippen LogP contribution in [0.4, 0.5) is 0 Å². The lowest BCUT2D eigenvalue weighted by Gasteiger charge is -2.36. The van der Waals surface area contributed by atoms with Crippen LogP contribution in [0.5, 0.6) is 0 Å². The van der Waals surface area contributed by atoms with Gasteiger partial charge in [-0.05, 0) is 38.6 Å². The minimum atomic E-state index is -3.26. The Morgan fingerprint density at radius 1 is 1.26 bits per heavy atom. The number of sulfonamides is 1. The van der Waals surface area contributed by atoms with Gasteiger partial charge in [0.2, 0.25) is 10.0 Å². The molecule has 0 heterocycles. The van der Waals surface area contributed by atoms with Crippen molar-refractivity contribution in [2.75, 3.05) is 25.4 Å². The van der Waals surface area contributed by atoms with Gasteiger partial charge in [-0.15, -0.1) is 0 Å². The first kappa shape index (κ1) is 16.9. The van der Waals surface area contributed by atoms with E-state index >= 15 is 0 Å². The van der Waals surface area contributed by atoms with Crippen LogP contribution in [0.2, 0.25) is 0 Å². The fourth-order valence-corrected chi connectivity index (χ4v) is 3.47. The molecule has 1 aliphatic carbocycles. The summed E-state index contributed by atoms with van der Waals surface area (Å²) in [6, 6.07) is 0. The molecule has 0 aromatic heterocycles. The molecular weight excluding hydrogens is 264 g/mol. The summed E-state index contributed by atoms with van der Waals surface area (Å²) < 4.78 is 31.7. The van der Waals surface area contributed by atoms with E-state index in [0.717, 1.165) is 25.7 Å². The summed E-state index contributed by atoms with van der Waals surface area (Å²) in [5, 5.41) is 0. The van der Waals surface area contributed by atoms with Crippen molar-refractivity contribution in [2.24, 2.45) is 11.1 Å². The quantitative estimate of drug-likeness (QED) is 0.705. The Hall–Kier alpha value is -0.170. The first-order valence-corrected chi connectivity index (χ1v) is 8.83. The van der Waals surface area contributed by atoms with Gasteiger partial charge in [-0.1, -0.05) is 19.3 Å². The van der Waals surface area contributed by atoms with E-state index in [1.807, 2.05) is 13.8 Å². The Morgan fingerprint density at radius 2 is 1.89 bits per heavy atom. The Kier molecular flexibility index (Phi) is 6.73. The lowest BCUT2D eigenvalue weighted by atomic mass is 9.74. The maximum Gasteiger partial charge on any atom is 0.213 e. The van der Waals surface area contributed by atoms with Crippen molar-refractivity contribution < 1.29 is 13.2 Å². The average Bonchev–Trinajstić information content (AvgIpc) is 2.37. The number of ether oxygens (including phenoxy) is 1. The third kappa shape index (κ3) is 6.21. The molecule has 5 nitrogen and oxygen atoms in total. The van der Waals surface area contributed by atoms with Gasteiger partial charge < -0.3 is 10.5 Å². The van der Waals surface area contributed by atoms with Gasteiger partial charge in [-0.25, -0.2) is 13.1 Å². The summed E-state index contributed by atoms with van der Waals surface area (Å²) in [5.74, 6) is 0.0197. The zero-order valence-corrected chi connectivity index (χ0v) is 13.0. The molecule has 0 atom stereocenters. The molecule has 6 heteroatoms. The third-order valence-electron chi connectivity index (χ3n) is 3.82. The van der Waals surface area contributed by atoms with Crippen LogP contribution in [0, 0.1) is 5.41 Å². The average molecular weight is 292 g/mol. The zero-order valence-electron chi connectivity index (χ0n) is 12.2. The van der Waals surface area contributed by atoms with Crippen molar-refractivity contribution in [1.82, 2.24) is 4.72 Å². The first-order valence-electron chi connectivity index (χ1n) is 7.18. The van der Waals surface area contributed by atoms with Crippen molar-refractivity contribution in [3.8, 4) is 0 Å². The highest BCUT2D eigenvalue weighted by Crippen LogP contribution is 2.34. The van der Waals surface area contributed by atoms with Crippen LogP contribution in [0.25, 0.3) is 0 Å². The predicted molar refractivity (Wildman–Crippen MR) is 77.4 cm³/mol. The Labute approximate surface area is 117 Å². The number of nitrogens with two attached hydrogens (primary N) is 1. The van der Waals surface area contributed by atoms with Gasteiger partial charge in [0.15, 0.2) is 0 Å². The summed E-state index contributed by atoms with van der Waals surface area (Å²) in [6.45, 7) is 5.05. The van der Waals surface area contributed by atoms with E-state index in [4.69, 9.17) is 10.5 Å². The Bertz CT molecular complexity index is 349. The largest absolute Gasteiger partial charge is 0.378 e. The van der Waals surface area contributed by atoms with E-state index in [0.29, 0.717) is 13.1 Å². The van der Waals surface area contributed by atoms with Crippen LogP contribution >= 0.6 is 0 Å². The summed E-state index contributed by atoms with van der Waals surface area (Å²) in [7, 11) is -3.26. The fraction of sp³-hybridized carbons (Fsp3) is 1.00. The lowest BCUT2D eigenvalue weighted by Crippen LogP contribution is -2.44. The van der Waals surface area contributed by atoms with Crippen molar-refractivity contribution >= 4 is 10.0 Å². The van der Waals surface area contributed by atoms with Gasteiger partial charge in [0.25, 0.3) is 0 Å². The molecule has 3 N–H and O–H groups in total. The second-order valence-electron chi connectivity index (χ2n) is 5.82. The molecule has 1 saturated carbocycles. The highest BCUT2D eigenvalue weighted by molar-refractivity contribution is 7.89. The van der Waals surface area contributed by atoms with Gasteiger partial charge in [-0.2, -0.15) is 0 Å². The summed E-state index contributed by atoms with van der Waals surface area (Å²) in [4.78, 5) is 0. The summed E-state index contributed by atoms with van der Waals surface area (Å²) in [5.41, 5.74) is 5.81. The minimum absolute atomic E-state index is 0.0197. The van der Waals surface area contributed by atoms with Crippen LogP contribution in [0.3, 0.4) is 0 Å². The molecule has 19 heavy (non-hydrogen) atoms. The van der Waals surface area contributed by atoms with Crippen LogP contribution in [0.1, 0.15) is 46.0 Å². The maximum atomic E-state index is 11.9. The van der Waals surface area contributed by atoms with Gasteiger partial charge in [0.1, 0.15) is 0 Å². The molecule has 0 aromatic rings. The standard InChI is InChI=1S/C13H28N2O3S/c1-12(2)18-8-9-19(16,17)15-11-13(10-14)6-4-3-5-7-13/h12,15H,3-11,14H2,1-2H3. The normalized spacial score (nSPS) is 19.8. The second kappa shape index (κ2) is 7.57. The van der Waals surface area contributed by atoms with Gasteiger partial charge >= 0.3 is 0 Å². The molecule has 0 amide bonds. The molecular formula is C13H28N2O3S. The monoisotopic (exact) mass is 292 g/mol. The molecule has 0 radical (unpaired) electrons. The molecule has 0 aliphatic heterocycles. The minimum Gasteiger partial charge on any atom is -0.378 e. The zero-order chi connectivity index (χ0) is 14.4. The first-order chi connectivity index (χ1) is 8.89. The summed E-state index contributed by atoms with van der Waals surface area (Å²) >= 11 is 0. The van der Waals surface area contributed by atoms with E-state index in [9.17, 15) is 8.42 Å². The Morgan fingerprint density at radius 3 is 2.42 bits per heavy atom. The third-order valence-corrected chi connectivity index (χ3v) is 5.11. The second-order valence-corrected chi connectivity index (χ2v) is 7.75. The topological polar surface area (TPSA) is 81.4 Å². The predicted octanol–water partition coefficient (Wildman–Crippen LogP) is 1.24. The van der Waals surface area contributed by atoms with Crippen LogP contribution in [0.15, 0.2) is 0 Å². The highest BCUT2D eigenvalue weighted by Gasteiger charge is 2.31. The number of nitrogens with one attached hydrogen (secondary N) is 1. The van der Waals surface area contributed by atoms with Crippen molar-refractivity contribution in [3.63, 3.8) is 0 Å². The van der Waals surface area contributed by atoms with Crippen LogP contribution in [-0.4, -0.2) is 40.0 Å². The Balaban J connectivity index is 2.40. The highest BCUT2D eigenvalue weighted by atomic mass is 32.2. The SMILES string of the molecule is CC(C)OCCS(=O)(=O)NCC1(CN)CCCCC1. The molecule has 0 bridgehead atoms. The molecule has 0 aromatic carbocycles. The van der Waals surface area contributed by atoms with Crippen molar-refractivity contribution in [3.05, 3.63) is 0 Å². The van der Waals surface area contributed by atoms with Crippen LogP contribution in [-0.2, 0) is 14.8 Å². The van der Waals surface area contributed by atoms with Gasteiger partial charge in [-0.3, -0.25) is 0 Å². The lowest BCUT2D eigenvalue weighted by molar-refractivity contribution is 0.0910. The molecule has 1 fully saturated rings. The fourth-order valence-electron chi connectivity index (χ4n) is 2.48. The smallest absolute Gasteiger partial charge is 0.213 e. The van der Waals surface area contributed by atoms with Crippen molar-refractivity contribution in [1.29, 1.82) is 0 Å². The van der Waals surface area contributed by atoms with Gasteiger partial charge in [0, 0.05) is 6.54 Å². The number of hydrogen-bond acceptors (Lipinski definition) is 4. The molecule has 0 saturated heterocycles. The molecule has 0 spiro atoms. The number of hydrogen-bond donors (Lipinski definition) is 2. The number of rotatable bonds is 8. The van der Waals surface area contributed by atoms with E-state index in [1.165, 1.54) is 6.42 Å². The van der Waals surface area contributed by atoms with E-state index in [2.05, 4.69) is 4.72 Å². The molecule has 114 valence electrons. The van der Waals surface area contributed by atoms with E-state index in [1.54, 1.807) is 0 Å². The van der Waals surface area contributed by atoms with Crippen molar-refractivity contribution in [2.45, 2.75) is 52.1 Å². The molecule has 1 rings (SSSR count). The van der Waals surface area contributed by atoms with Gasteiger partial charge in [0.05, 0.1) is 18.5 Å².